The smallest absolute Gasteiger partial charge is 0.251 e. The summed E-state index contributed by atoms with van der Waals surface area (Å²) in [5.74, 6) is 0.675. The molecule has 1 aromatic heterocycles. The van der Waals surface area contributed by atoms with E-state index in [0.717, 1.165) is 30.0 Å². The van der Waals surface area contributed by atoms with Crippen LogP contribution in [0.2, 0.25) is 0 Å². The van der Waals surface area contributed by atoms with Crippen LogP contribution in [0.4, 0.5) is 0 Å². The van der Waals surface area contributed by atoms with Gasteiger partial charge in [0.2, 0.25) is 0 Å². The van der Waals surface area contributed by atoms with Crippen molar-refractivity contribution in [2.45, 2.75) is 13.0 Å². The zero-order chi connectivity index (χ0) is 19.1. The average molecular weight is 491 g/mol. The molecule has 0 unspecified atom stereocenters. The van der Waals surface area contributed by atoms with Crippen molar-refractivity contribution in [3.63, 3.8) is 0 Å². The highest BCUT2D eigenvalue weighted by atomic mass is 127. The third-order valence-electron chi connectivity index (χ3n) is 4.49. The minimum Gasteiger partial charge on any atom is -0.361 e. The molecule has 4 N–H and O–H groups in total. The van der Waals surface area contributed by atoms with Gasteiger partial charge in [-0.1, -0.05) is 30.3 Å². The van der Waals surface area contributed by atoms with E-state index in [-0.39, 0.29) is 29.9 Å². The second-order valence-corrected chi connectivity index (χ2v) is 6.24. The number of nitrogens with zero attached hydrogens (tertiary/aromatic N) is 1. The highest BCUT2D eigenvalue weighted by Gasteiger charge is 2.05. The van der Waals surface area contributed by atoms with Gasteiger partial charge in [-0.25, -0.2) is 0 Å². The first-order valence-electron chi connectivity index (χ1n) is 9.02. The molecule has 0 spiro atoms. The maximum Gasteiger partial charge on any atom is 0.251 e. The van der Waals surface area contributed by atoms with Gasteiger partial charge < -0.3 is 20.9 Å². The van der Waals surface area contributed by atoms with Crippen molar-refractivity contribution in [3.05, 3.63) is 71.4 Å². The van der Waals surface area contributed by atoms with Gasteiger partial charge in [0, 0.05) is 49.8 Å². The lowest BCUT2D eigenvalue weighted by Crippen LogP contribution is -2.37. The second kappa shape index (κ2) is 10.7. The van der Waals surface area contributed by atoms with Crippen LogP contribution in [0, 0.1) is 0 Å². The van der Waals surface area contributed by atoms with Gasteiger partial charge in [-0.3, -0.25) is 9.79 Å². The molecular formula is C21H26IN5O. The summed E-state index contributed by atoms with van der Waals surface area (Å²) in [6.07, 6.45) is 2.97. The number of halogens is 1. The normalized spacial score (nSPS) is 11.0. The number of aromatic amines is 1. The van der Waals surface area contributed by atoms with E-state index in [1.807, 2.05) is 30.3 Å². The lowest BCUT2D eigenvalue weighted by Gasteiger charge is -2.12. The lowest BCUT2D eigenvalue weighted by molar-refractivity contribution is 0.0963. The monoisotopic (exact) mass is 491 g/mol. The molecule has 0 atom stereocenters. The highest BCUT2D eigenvalue weighted by Crippen LogP contribution is 2.17. The Morgan fingerprint density at radius 1 is 1.07 bits per heavy atom. The summed E-state index contributed by atoms with van der Waals surface area (Å²) in [4.78, 5) is 19.1. The molecule has 6 nitrogen and oxygen atoms in total. The maximum absolute atomic E-state index is 11.6. The molecule has 0 saturated heterocycles. The highest BCUT2D eigenvalue weighted by molar-refractivity contribution is 14.0. The van der Waals surface area contributed by atoms with E-state index >= 15 is 0 Å². The predicted molar refractivity (Wildman–Crippen MR) is 125 cm³/mol. The minimum atomic E-state index is -0.0794. The number of H-pyrrole nitrogens is 1. The number of guanidine groups is 1. The Bertz CT molecular complexity index is 933. The third-order valence-corrected chi connectivity index (χ3v) is 4.49. The number of amides is 1. The van der Waals surface area contributed by atoms with E-state index in [1.54, 1.807) is 14.1 Å². The molecule has 7 heteroatoms. The van der Waals surface area contributed by atoms with Crippen LogP contribution >= 0.6 is 24.0 Å². The van der Waals surface area contributed by atoms with Crippen molar-refractivity contribution in [1.82, 2.24) is 20.9 Å². The molecule has 148 valence electrons. The second-order valence-electron chi connectivity index (χ2n) is 6.24. The zero-order valence-electron chi connectivity index (χ0n) is 16.1. The number of carbonyl (C=O) groups is 1. The summed E-state index contributed by atoms with van der Waals surface area (Å²) in [6.45, 7) is 1.43. The average Bonchev–Trinajstić information content (AvgIpc) is 3.13. The third kappa shape index (κ3) is 5.48. The fourth-order valence-electron chi connectivity index (χ4n) is 2.98. The van der Waals surface area contributed by atoms with Gasteiger partial charge in [0.15, 0.2) is 5.96 Å². The number of hydrogen-bond donors (Lipinski definition) is 4. The first-order chi connectivity index (χ1) is 13.2. The van der Waals surface area contributed by atoms with Crippen LogP contribution in [0.1, 0.15) is 21.5 Å². The Morgan fingerprint density at radius 3 is 2.54 bits per heavy atom. The van der Waals surface area contributed by atoms with Crippen LogP contribution in [0.5, 0.6) is 0 Å². The SMILES string of the molecule is CN=C(NCCc1c[nH]c2ccccc12)NCc1ccc(C(=O)NC)cc1.I. The molecular weight excluding hydrogens is 465 g/mol. The Morgan fingerprint density at radius 2 is 1.82 bits per heavy atom. The molecule has 1 heterocycles. The van der Waals surface area contributed by atoms with Crippen LogP contribution < -0.4 is 16.0 Å². The molecule has 0 bridgehead atoms. The van der Waals surface area contributed by atoms with Crippen molar-refractivity contribution in [2.24, 2.45) is 4.99 Å². The Kier molecular flexibility index (Phi) is 8.31. The van der Waals surface area contributed by atoms with Gasteiger partial charge in [0.1, 0.15) is 0 Å². The van der Waals surface area contributed by atoms with Gasteiger partial charge in [-0.15, -0.1) is 24.0 Å². The lowest BCUT2D eigenvalue weighted by atomic mass is 10.1. The molecule has 0 aliphatic carbocycles. The Hall–Kier alpha value is -2.55. The summed E-state index contributed by atoms with van der Waals surface area (Å²) in [6, 6.07) is 15.8. The van der Waals surface area contributed by atoms with Crippen molar-refractivity contribution in [3.8, 4) is 0 Å². The van der Waals surface area contributed by atoms with Gasteiger partial charge in [0.25, 0.3) is 5.91 Å². The molecule has 0 aliphatic heterocycles. The van der Waals surface area contributed by atoms with Crippen LogP contribution in [-0.2, 0) is 13.0 Å². The summed E-state index contributed by atoms with van der Waals surface area (Å²) in [5, 5.41) is 10.5. The molecule has 3 rings (SSSR count). The van der Waals surface area contributed by atoms with Crippen molar-refractivity contribution >= 4 is 46.7 Å². The number of para-hydroxylation sites is 1. The number of hydrogen-bond acceptors (Lipinski definition) is 2. The van der Waals surface area contributed by atoms with E-state index in [9.17, 15) is 4.79 Å². The number of aromatic nitrogens is 1. The summed E-state index contributed by atoms with van der Waals surface area (Å²) in [7, 11) is 3.39. The fourth-order valence-corrected chi connectivity index (χ4v) is 2.98. The molecule has 3 aromatic rings. The number of benzene rings is 2. The zero-order valence-corrected chi connectivity index (χ0v) is 18.4. The minimum absolute atomic E-state index is 0. The van der Waals surface area contributed by atoms with Crippen molar-refractivity contribution in [1.29, 1.82) is 0 Å². The number of rotatable bonds is 6. The van der Waals surface area contributed by atoms with Gasteiger partial charge in [-0.2, -0.15) is 0 Å². The molecule has 0 radical (unpaired) electrons. The summed E-state index contributed by atoms with van der Waals surface area (Å²) in [5.41, 5.74) is 4.19. The number of nitrogens with one attached hydrogen (secondary N) is 4. The summed E-state index contributed by atoms with van der Waals surface area (Å²) >= 11 is 0. The molecule has 2 aromatic carbocycles. The number of fused-ring (bicyclic) bond motifs is 1. The molecule has 1 amide bonds. The first-order valence-corrected chi connectivity index (χ1v) is 9.02. The van der Waals surface area contributed by atoms with E-state index in [4.69, 9.17) is 0 Å². The quantitative estimate of drug-likeness (QED) is 0.243. The first kappa shape index (κ1) is 21.7. The predicted octanol–water partition coefficient (Wildman–Crippen LogP) is 3.05. The number of carbonyl (C=O) groups excluding carboxylic acids is 1. The Balaban J connectivity index is 0.00000280. The van der Waals surface area contributed by atoms with Crippen LogP contribution in [0.25, 0.3) is 10.9 Å². The fraction of sp³-hybridized carbons (Fsp3) is 0.238. The van der Waals surface area contributed by atoms with Crippen LogP contribution in [0.3, 0.4) is 0 Å². The van der Waals surface area contributed by atoms with E-state index in [0.29, 0.717) is 12.1 Å². The Labute approximate surface area is 182 Å². The van der Waals surface area contributed by atoms with Crippen LogP contribution in [-0.4, -0.2) is 37.5 Å². The van der Waals surface area contributed by atoms with Crippen molar-refractivity contribution < 1.29 is 4.79 Å². The largest absolute Gasteiger partial charge is 0.361 e. The summed E-state index contributed by atoms with van der Waals surface area (Å²) < 4.78 is 0. The standard InChI is InChI=1S/C21H25N5O.HI/c1-22-20(27)16-9-7-15(8-10-16)13-26-21(23-2)24-12-11-17-14-25-19-6-4-3-5-18(17)19;/h3-10,14,25H,11-13H2,1-2H3,(H,22,27)(H2,23,24,26);1H. The van der Waals surface area contributed by atoms with Gasteiger partial charge in [0.05, 0.1) is 0 Å². The van der Waals surface area contributed by atoms with Crippen molar-refractivity contribution in [2.75, 3.05) is 20.6 Å². The molecule has 28 heavy (non-hydrogen) atoms. The molecule has 0 saturated carbocycles. The molecule has 0 aliphatic rings. The molecule has 0 fully saturated rings. The van der Waals surface area contributed by atoms with E-state index < -0.39 is 0 Å². The van der Waals surface area contributed by atoms with Crippen LogP contribution in [0.15, 0.2) is 59.7 Å². The topological polar surface area (TPSA) is 81.3 Å². The van der Waals surface area contributed by atoms with E-state index in [1.165, 1.54) is 10.9 Å². The number of aliphatic imine (C=N–C) groups is 1. The maximum atomic E-state index is 11.6. The van der Waals surface area contributed by atoms with Gasteiger partial charge in [-0.05, 0) is 35.7 Å². The van der Waals surface area contributed by atoms with E-state index in [2.05, 4.69) is 50.3 Å². The van der Waals surface area contributed by atoms with Gasteiger partial charge >= 0.3 is 0 Å².